The van der Waals surface area contributed by atoms with Crippen molar-refractivity contribution in [1.29, 1.82) is 0 Å². The second-order valence-electron chi connectivity index (χ2n) is 2.00. The zero-order chi connectivity index (χ0) is 28.6. The predicted octanol–water partition coefficient (Wildman–Crippen LogP) is -44.7. The van der Waals surface area contributed by atoms with Gasteiger partial charge in [-0.05, 0) is 49.2 Å². The summed E-state index contributed by atoms with van der Waals surface area (Å²) in [7, 11) is 0. The molecule has 41 heteroatoms. The van der Waals surface area contributed by atoms with Crippen molar-refractivity contribution in [2.45, 2.75) is 0 Å². The summed E-state index contributed by atoms with van der Waals surface area (Å²) in [6.07, 6.45) is -18.7. The summed E-state index contributed by atoms with van der Waals surface area (Å²) in [5.74, 6) is 0. The van der Waals surface area contributed by atoms with Gasteiger partial charge in [-0.15, -0.1) is 0 Å². The first-order chi connectivity index (χ1) is 13.9. The molecule has 6 radical (unpaired) electrons. The van der Waals surface area contributed by atoms with Gasteiger partial charge in [0.1, 0.15) is 0 Å². The molecule has 0 unspecified atom stereocenters. The number of hydrogen-bond donors (Lipinski definition) is 0. The van der Waals surface area contributed by atoms with Crippen LogP contribution in [0.4, 0.5) is 38.4 Å². The molecule has 0 aromatic heterocycles. The molecule has 0 amide bonds. The van der Waals surface area contributed by atoms with Crippen molar-refractivity contribution in [2.24, 2.45) is 0 Å². The number of rotatable bonds is 0. The van der Waals surface area contributed by atoms with E-state index in [0.717, 1.165) is 0 Å². The molecular weight excluding hydrogens is 1900 g/mol. The Morgan fingerprint density at radius 1 is 0.204 bits per heavy atom. The van der Waals surface area contributed by atoms with Gasteiger partial charge in [-0.25, -0.2) is 0 Å². The van der Waals surface area contributed by atoms with Crippen molar-refractivity contribution in [3.8, 4) is 0 Å². The van der Waals surface area contributed by atoms with Gasteiger partial charge in [-0.1, -0.05) is 0 Å². The fourth-order valence-electron chi connectivity index (χ4n) is 0. The van der Waals surface area contributed by atoms with Crippen molar-refractivity contribution in [3.05, 3.63) is 0 Å². The summed E-state index contributed by atoms with van der Waals surface area (Å²) in [6.45, 7) is 0. The minimum atomic E-state index is -2.33. The summed E-state index contributed by atoms with van der Waals surface area (Å²) < 4.78 is 0. The van der Waals surface area contributed by atoms with Gasteiger partial charge in [0.25, 0.3) is 0 Å². The van der Waals surface area contributed by atoms with Gasteiger partial charge >= 0.3 is 394 Å². The maximum absolute atomic E-state index is 8.33. The number of carbonyl (C=O) groups excluding carboxylic acids is 8. The molecule has 0 rings (SSSR count). The molecule has 0 N–H and O–H groups in total. The van der Waals surface area contributed by atoms with Crippen LogP contribution < -0.4 is 119 Å². The zero-order valence-electron chi connectivity index (χ0n) is 21.9. The van der Waals surface area contributed by atoms with Gasteiger partial charge in [0.15, 0.2) is 0 Å². The third kappa shape index (κ3) is 3560. The SMILES string of the molecule is O=C([O-])[O-].O=C([O-])[O-].O=C([O-])[O-].O=C([O-])[O-].O=C([O-])[O-].O=C([O-])[O-].O=C([O-])[O-].O=C([O-])[O-].[Ba+2].[Ba+2].[Ba+2].[Ce+3].[Ce+3].[Ce+3].[F-].[F-].[F-].[F-].[F-].[F-].[F-].[F-].[Nd+3].[Nd+3].[Nd+3]. The second-order valence-corrected chi connectivity index (χ2v) is 2.00. The first-order valence-corrected chi connectivity index (χ1v) is 4.90. The van der Waals surface area contributed by atoms with Crippen LogP contribution in [0.25, 0.3) is 0 Å². The first-order valence-electron chi connectivity index (χ1n) is 4.90. The molecule has 262 valence electrons. The van der Waals surface area contributed by atoms with Crippen LogP contribution in [-0.4, -0.2) is 196 Å². The van der Waals surface area contributed by atoms with E-state index in [2.05, 4.69) is 0 Å². The van der Waals surface area contributed by atoms with E-state index in [0.29, 0.717) is 0 Å². The molecule has 0 aromatic carbocycles. The Hall–Kier alpha value is 6.50. The van der Waals surface area contributed by atoms with E-state index in [1.165, 1.54) is 0 Å². The molecular formula is C8Ba3Ce3F8Nd3O24. The Labute approximate surface area is 585 Å². The number of halogens is 8. The number of carboxylic acid groups (broad SMARTS) is 16. The fourth-order valence-corrected chi connectivity index (χ4v) is 0. The molecule has 0 saturated carbocycles. The Bertz CT molecular complexity index is 431. The van der Waals surface area contributed by atoms with Gasteiger partial charge < -0.3 is 158 Å². The van der Waals surface area contributed by atoms with E-state index < -0.39 is 49.2 Å². The van der Waals surface area contributed by atoms with Gasteiger partial charge in [-0.2, -0.15) is 0 Å². The molecule has 0 aliphatic carbocycles. The Balaban J connectivity index is -0.00000000557. The van der Waals surface area contributed by atoms with Crippen molar-refractivity contribution in [2.75, 3.05) is 0 Å². The molecule has 0 aliphatic heterocycles. The molecule has 24 nitrogen and oxygen atoms in total. The standard InChI is InChI=1S/8CH2O3.3Ba.3Ce.8FH.3Nd/c8*2-1(3)4;;;;;;;;;;;;;;;;;/h8*(H2,2,3,4);;;;;;;8*1H;;;/q;;;;;;;;3*+2;3*+3;;;;;;;;;3*+3/p-24. The minimum Gasteiger partial charge on any atom is -1.00 e. The summed E-state index contributed by atoms with van der Waals surface area (Å²) in [6, 6.07) is 0. The van der Waals surface area contributed by atoms with Gasteiger partial charge in [0, 0.05) is 0 Å². The van der Waals surface area contributed by atoms with E-state index in [4.69, 9.17) is 120 Å². The van der Waals surface area contributed by atoms with Crippen LogP contribution >= 0.6 is 0 Å². The summed E-state index contributed by atoms with van der Waals surface area (Å²) >= 11 is 0. The Kier molecular flexibility index (Phi) is 606. The number of carbonyl (C=O) groups is 8. The summed E-state index contributed by atoms with van der Waals surface area (Å²) in [5.41, 5.74) is 0. The van der Waals surface area contributed by atoms with E-state index in [-0.39, 0.29) is 432 Å². The molecule has 0 bridgehead atoms. The quantitative estimate of drug-likeness (QED) is 0.160. The molecule has 0 fully saturated rings. The molecule has 0 aromatic rings. The van der Waals surface area contributed by atoms with Crippen LogP contribution in [0.3, 0.4) is 0 Å². The predicted molar refractivity (Wildman–Crippen MR) is 60.4 cm³/mol. The average Bonchev–Trinajstić information content (AvgIpc) is 2.30. The molecule has 0 heterocycles. The largest absolute Gasteiger partial charge is 3.00 e. The summed E-state index contributed by atoms with van der Waals surface area (Å²) in [5, 5.41) is 133. The average molecular weight is 1900 g/mol. The van der Waals surface area contributed by atoms with Crippen molar-refractivity contribution in [1.82, 2.24) is 0 Å². The number of hydrogen-bond acceptors (Lipinski definition) is 24. The maximum Gasteiger partial charge on any atom is 3.00 e. The molecule has 0 aliphatic rings. The van der Waals surface area contributed by atoms with Gasteiger partial charge in [0.05, 0.1) is 0 Å². The van der Waals surface area contributed by atoms with E-state index in [1.807, 2.05) is 0 Å². The summed E-state index contributed by atoms with van der Waals surface area (Å²) in [4.78, 5) is 66.7. The van der Waals surface area contributed by atoms with Crippen LogP contribution in [0.1, 0.15) is 0 Å². The minimum absolute atomic E-state index is 0. The third-order valence-electron chi connectivity index (χ3n) is 0. The third-order valence-corrected chi connectivity index (χ3v) is 0. The molecule has 0 atom stereocenters. The van der Waals surface area contributed by atoms with Gasteiger partial charge in [-0.3, -0.25) is 0 Å². The molecule has 0 spiro atoms. The fraction of sp³-hybridized carbons (Fsp3) is 0. The van der Waals surface area contributed by atoms with Crippen LogP contribution in [0.2, 0.25) is 0 Å². The van der Waals surface area contributed by atoms with E-state index >= 15 is 0 Å². The van der Waals surface area contributed by atoms with Crippen molar-refractivity contribution >= 4 is 196 Å². The topological polar surface area (TPSA) is 506 Å². The van der Waals surface area contributed by atoms with Crippen LogP contribution in [-0.2, 0) is 0 Å². The van der Waals surface area contributed by atoms with Crippen LogP contribution in [0, 0.1) is 248 Å². The van der Waals surface area contributed by atoms with Crippen LogP contribution in [0.5, 0.6) is 0 Å². The first kappa shape index (κ1) is 177. The second kappa shape index (κ2) is 168. The van der Waals surface area contributed by atoms with Crippen LogP contribution in [0.15, 0.2) is 0 Å². The van der Waals surface area contributed by atoms with E-state index in [9.17, 15) is 0 Å². The maximum atomic E-state index is 8.33. The van der Waals surface area contributed by atoms with Crippen molar-refractivity contribution < 1.29 is 405 Å². The monoisotopic (exact) mass is 1890 g/mol. The molecule has 49 heavy (non-hydrogen) atoms. The molecule has 0 saturated heterocycles. The van der Waals surface area contributed by atoms with Gasteiger partial charge in [0.2, 0.25) is 0 Å². The normalized spacial score (nSPS) is 3.92. The zero-order valence-corrected chi connectivity index (χ0v) is 54.3. The smallest absolute Gasteiger partial charge is 1.00 e. The Morgan fingerprint density at radius 3 is 0.204 bits per heavy atom. The Morgan fingerprint density at radius 2 is 0.204 bits per heavy atom. The van der Waals surface area contributed by atoms with E-state index in [1.54, 1.807) is 0 Å². The van der Waals surface area contributed by atoms with Crippen molar-refractivity contribution in [3.63, 3.8) is 0 Å².